The molecule has 0 saturated heterocycles. The third kappa shape index (κ3) is 2.43. The van der Waals surface area contributed by atoms with Gasteiger partial charge >= 0.3 is 5.97 Å². The van der Waals surface area contributed by atoms with Crippen molar-refractivity contribution >= 4 is 16.7 Å². The molecule has 0 fully saturated rings. The number of allylic oxidation sites excluding steroid dienone is 1. The van der Waals surface area contributed by atoms with E-state index in [1.807, 2.05) is 56.3 Å². The first-order valence-electron chi connectivity index (χ1n) is 5.93. The van der Waals surface area contributed by atoms with E-state index in [9.17, 15) is 4.79 Å². The fraction of sp³-hybridized carbons (Fsp3) is 0.188. The average molecular weight is 240 g/mol. The van der Waals surface area contributed by atoms with Gasteiger partial charge in [-0.2, -0.15) is 0 Å². The normalized spacial score (nSPS) is 10.2. The number of benzene rings is 2. The van der Waals surface area contributed by atoms with E-state index in [2.05, 4.69) is 0 Å². The Morgan fingerprint density at radius 2 is 1.61 bits per heavy atom. The van der Waals surface area contributed by atoms with Crippen LogP contribution in [0.5, 0.6) is 5.75 Å². The van der Waals surface area contributed by atoms with Crippen LogP contribution in [0.1, 0.15) is 20.8 Å². The lowest BCUT2D eigenvalue weighted by Gasteiger charge is -2.08. The molecule has 0 atom stereocenters. The molecule has 0 N–H and O–H groups in total. The van der Waals surface area contributed by atoms with Crippen molar-refractivity contribution in [2.45, 2.75) is 20.8 Å². The van der Waals surface area contributed by atoms with Crippen LogP contribution in [0.2, 0.25) is 0 Å². The molecule has 2 heteroatoms. The van der Waals surface area contributed by atoms with Gasteiger partial charge in [-0.1, -0.05) is 42.0 Å². The highest BCUT2D eigenvalue weighted by molar-refractivity contribution is 5.95. The smallest absolute Gasteiger partial charge is 0.339 e. The molecule has 2 nitrogen and oxygen atoms in total. The maximum atomic E-state index is 11.9. The minimum absolute atomic E-state index is 0.286. The molecule has 92 valence electrons. The predicted octanol–water partition coefficient (Wildman–Crippen LogP) is 4.10. The second-order valence-corrected chi connectivity index (χ2v) is 4.49. The maximum Gasteiger partial charge on any atom is 0.339 e. The van der Waals surface area contributed by atoms with Gasteiger partial charge in [0.2, 0.25) is 0 Å². The summed E-state index contributed by atoms with van der Waals surface area (Å²) in [6.07, 6.45) is 0. The van der Waals surface area contributed by atoms with E-state index >= 15 is 0 Å². The second kappa shape index (κ2) is 5.05. The van der Waals surface area contributed by atoms with Crippen LogP contribution in [-0.4, -0.2) is 5.97 Å². The zero-order valence-electron chi connectivity index (χ0n) is 10.9. The standard InChI is InChI=1S/C16H16O2/c1-11(2)12(3)16(17)18-15-10-6-8-13-7-4-5-9-14(13)15/h4-10H,1-3H3. The van der Waals surface area contributed by atoms with Crippen molar-refractivity contribution < 1.29 is 9.53 Å². The van der Waals surface area contributed by atoms with Crippen LogP contribution in [-0.2, 0) is 4.79 Å². The van der Waals surface area contributed by atoms with Gasteiger partial charge in [-0.3, -0.25) is 0 Å². The van der Waals surface area contributed by atoms with E-state index in [0.717, 1.165) is 16.3 Å². The summed E-state index contributed by atoms with van der Waals surface area (Å²) in [5.41, 5.74) is 1.63. The number of hydrogen-bond donors (Lipinski definition) is 0. The molecule has 0 amide bonds. The molecule has 2 aromatic carbocycles. The van der Waals surface area contributed by atoms with E-state index in [-0.39, 0.29) is 5.97 Å². The number of esters is 1. The summed E-state index contributed by atoms with van der Waals surface area (Å²) in [7, 11) is 0. The van der Waals surface area contributed by atoms with Gasteiger partial charge < -0.3 is 4.74 Å². The second-order valence-electron chi connectivity index (χ2n) is 4.49. The van der Waals surface area contributed by atoms with Crippen LogP contribution in [0, 0.1) is 0 Å². The lowest BCUT2D eigenvalue weighted by atomic mass is 10.1. The highest BCUT2D eigenvalue weighted by Gasteiger charge is 2.10. The van der Waals surface area contributed by atoms with Gasteiger partial charge in [0.05, 0.1) is 0 Å². The average Bonchev–Trinajstić information content (AvgIpc) is 2.38. The van der Waals surface area contributed by atoms with Gasteiger partial charge in [-0.25, -0.2) is 4.79 Å². The lowest BCUT2D eigenvalue weighted by Crippen LogP contribution is -2.10. The monoisotopic (exact) mass is 240 g/mol. The number of carbonyl (C=O) groups is 1. The summed E-state index contributed by atoms with van der Waals surface area (Å²) in [6.45, 7) is 5.59. The number of fused-ring (bicyclic) bond motifs is 1. The first-order chi connectivity index (χ1) is 8.59. The Kier molecular flexibility index (Phi) is 3.47. The topological polar surface area (TPSA) is 26.3 Å². The summed E-state index contributed by atoms with van der Waals surface area (Å²) in [6, 6.07) is 13.6. The van der Waals surface area contributed by atoms with Crippen LogP contribution >= 0.6 is 0 Å². The van der Waals surface area contributed by atoms with E-state index in [0.29, 0.717) is 11.3 Å². The minimum Gasteiger partial charge on any atom is -0.423 e. The molecule has 2 rings (SSSR count). The Hall–Kier alpha value is -2.09. The summed E-state index contributed by atoms with van der Waals surface area (Å²) in [4.78, 5) is 11.9. The Balaban J connectivity index is 2.39. The third-order valence-corrected chi connectivity index (χ3v) is 3.01. The van der Waals surface area contributed by atoms with Gasteiger partial charge in [0, 0.05) is 11.0 Å². The molecule has 0 saturated carbocycles. The molecule has 0 bridgehead atoms. The van der Waals surface area contributed by atoms with Crippen molar-refractivity contribution in [2.75, 3.05) is 0 Å². The SMILES string of the molecule is CC(C)=C(C)C(=O)Oc1cccc2ccccc12. The zero-order chi connectivity index (χ0) is 13.1. The number of carbonyl (C=O) groups excluding carboxylic acids is 1. The first-order valence-corrected chi connectivity index (χ1v) is 5.93. The highest BCUT2D eigenvalue weighted by Crippen LogP contribution is 2.25. The summed E-state index contributed by atoms with van der Waals surface area (Å²) < 4.78 is 5.45. The van der Waals surface area contributed by atoms with Gasteiger partial charge in [-0.05, 0) is 32.2 Å². The molecule has 0 heterocycles. The molecule has 0 aromatic heterocycles. The van der Waals surface area contributed by atoms with E-state index in [4.69, 9.17) is 4.74 Å². The zero-order valence-corrected chi connectivity index (χ0v) is 10.9. The van der Waals surface area contributed by atoms with Crippen molar-refractivity contribution in [3.8, 4) is 5.75 Å². The van der Waals surface area contributed by atoms with Crippen molar-refractivity contribution in [3.05, 3.63) is 53.6 Å². The van der Waals surface area contributed by atoms with E-state index in [1.165, 1.54) is 0 Å². The molecule has 0 aliphatic heterocycles. The Bertz CT molecular complexity index is 615. The summed E-state index contributed by atoms with van der Waals surface area (Å²) >= 11 is 0. The number of ether oxygens (including phenoxy) is 1. The summed E-state index contributed by atoms with van der Waals surface area (Å²) in [5.74, 6) is 0.324. The van der Waals surface area contributed by atoms with Crippen molar-refractivity contribution in [2.24, 2.45) is 0 Å². The molecule has 0 spiro atoms. The third-order valence-electron chi connectivity index (χ3n) is 3.01. The molecular formula is C16H16O2. The molecule has 0 radical (unpaired) electrons. The lowest BCUT2D eigenvalue weighted by molar-refractivity contribution is -0.130. The highest BCUT2D eigenvalue weighted by atomic mass is 16.5. The Morgan fingerprint density at radius 3 is 2.33 bits per heavy atom. The Labute approximate surface area is 107 Å². The van der Waals surface area contributed by atoms with Crippen LogP contribution in [0.15, 0.2) is 53.6 Å². The fourth-order valence-electron chi connectivity index (χ4n) is 1.67. The largest absolute Gasteiger partial charge is 0.423 e. The predicted molar refractivity (Wildman–Crippen MR) is 73.6 cm³/mol. The van der Waals surface area contributed by atoms with Crippen LogP contribution in [0.4, 0.5) is 0 Å². The van der Waals surface area contributed by atoms with Crippen molar-refractivity contribution in [1.29, 1.82) is 0 Å². The fourth-order valence-corrected chi connectivity index (χ4v) is 1.67. The molecule has 0 aliphatic rings. The molecule has 0 aliphatic carbocycles. The molecular weight excluding hydrogens is 224 g/mol. The number of rotatable bonds is 2. The van der Waals surface area contributed by atoms with Gasteiger partial charge in [0.1, 0.15) is 5.75 Å². The van der Waals surface area contributed by atoms with Crippen LogP contribution in [0.25, 0.3) is 10.8 Å². The maximum absolute atomic E-state index is 11.9. The van der Waals surface area contributed by atoms with Gasteiger partial charge in [0.25, 0.3) is 0 Å². The van der Waals surface area contributed by atoms with Crippen molar-refractivity contribution in [1.82, 2.24) is 0 Å². The molecule has 2 aromatic rings. The molecule has 0 unspecified atom stereocenters. The van der Waals surface area contributed by atoms with Gasteiger partial charge in [-0.15, -0.1) is 0 Å². The van der Waals surface area contributed by atoms with Crippen LogP contribution in [0.3, 0.4) is 0 Å². The summed E-state index contributed by atoms with van der Waals surface area (Å²) in [5, 5.41) is 2.02. The van der Waals surface area contributed by atoms with E-state index in [1.54, 1.807) is 6.92 Å². The first kappa shape index (κ1) is 12.4. The molecule has 18 heavy (non-hydrogen) atoms. The van der Waals surface area contributed by atoms with E-state index < -0.39 is 0 Å². The quantitative estimate of drug-likeness (QED) is 0.449. The van der Waals surface area contributed by atoms with Crippen LogP contribution < -0.4 is 4.74 Å². The van der Waals surface area contributed by atoms with Gasteiger partial charge in [0.15, 0.2) is 0 Å². The Morgan fingerprint density at radius 1 is 0.944 bits per heavy atom. The van der Waals surface area contributed by atoms with Crippen molar-refractivity contribution in [3.63, 3.8) is 0 Å². The minimum atomic E-state index is -0.286. The number of hydrogen-bond acceptors (Lipinski definition) is 2.